The van der Waals surface area contributed by atoms with Crippen LogP contribution in [0.1, 0.15) is 24.2 Å². The molecule has 2 aromatic rings. The molecule has 16 heteroatoms. The third-order valence-corrected chi connectivity index (χ3v) is 5.05. The molecule has 0 aliphatic rings. The quantitative estimate of drug-likeness (QED) is 0.113. The highest BCUT2D eigenvalue weighted by Crippen LogP contribution is 2.05. The molecule has 0 aliphatic carbocycles. The van der Waals surface area contributed by atoms with Gasteiger partial charge in [0.1, 0.15) is 24.2 Å². The number of amides is 4. The molecule has 0 spiro atoms. The first-order valence-electron chi connectivity index (χ1n) is 10.8. The second-order valence-corrected chi connectivity index (χ2v) is 7.88. The monoisotopic (exact) mass is 507 g/mol. The zero-order valence-corrected chi connectivity index (χ0v) is 19.1. The third-order valence-electron chi connectivity index (χ3n) is 5.05. The van der Waals surface area contributed by atoms with Gasteiger partial charge in [0.2, 0.25) is 23.6 Å². The van der Waals surface area contributed by atoms with Gasteiger partial charge in [-0.2, -0.15) is 0 Å². The van der Waals surface area contributed by atoms with Gasteiger partial charge in [-0.3, -0.25) is 19.2 Å². The van der Waals surface area contributed by atoms with Crippen molar-refractivity contribution < 1.29 is 34.2 Å². The maximum absolute atomic E-state index is 13.1. The van der Waals surface area contributed by atoms with Crippen LogP contribution in [0.15, 0.2) is 25.0 Å². The van der Waals surface area contributed by atoms with Gasteiger partial charge in [0.15, 0.2) is 0 Å². The molecular weight excluding hydrogens is 478 g/mol. The van der Waals surface area contributed by atoms with E-state index >= 15 is 0 Å². The van der Waals surface area contributed by atoms with Crippen molar-refractivity contribution in [3.63, 3.8) is 0 Å². The number of hydrogen-bond acceptors (Lipinski definition) is 9. The summed E-state index contributed by atoms with van der Waals surface area (Å²) in [4.78, 5) is 74.3. The Balaban J connectivity index is 2.18. The number of nitrogens with zero attached hydrogens (tertiary/aromatic N) is 2. The van der Waals surface area contributed by atoms with Gasteiger partial charge in [-0.05, 0) is 6.42 Å². The molecule has 0 saturated carbocycles. The molecule has 0 fully saturated rings. The average Bonchev–Trinajstić information content (AvgIpc) is 3.54. The van der Waals surface area contributed by atoms with Crippen LogP contribution in [0.25, 0.3) is 0 Å². The standard InChI is InChI=1S/C20H29N9O7/c21-12(7-30)17(32)28-14(3-10-5-23-8-25-10)19(34)27-13(1-2-16(22)31)18(33)29-15(20(35)36)4-11-6-24-9-26-11/h5-6,8-9,12-15,30H,1-4,7,21H2,(H2,22,31)(H,23,25)(H,24,26)(H,27,34)(H,28,32)(H,29,33)(H,35,36). The summed E-state index contributed by atoms with van der Waals surface area (Å²) in [6.07, 6.45) is 4.82. The molecule has 196 valence electrons. The number of carboxylic acids is 1. The van der Waals surface area contributed by atoms with Crippen molar-refractivity contribution in [3.05, 3.63) is 36.4 Å². The number of imidazole rings is 2. The van der Waals surface area contributed by atoms with Crippen LogP contribution < -0.4 is 27.4 Å². The fraction of sp³-hybridized carbons (Fsp3) is 0.450. The zero-order chi connectivity index (χ0) is 26.7. The molecule has 0 radical (unpaired) electrons. The number of carbonyl (C=O) groups is 5. The number of aromatic amines is 2. The first-order valence-corrected chi connectivity index (χ1v) is 10.8. The maximum atomic E-state index is 13.1. The van der Waals surface area contributed by atoms with E-state index in [1.54, 1.807) is 0 Å². The van der Waals surface area contributed by atoms with Crippen LogP contribution in [-0.4, -0.2) is 90.5 Å². The molecule has 4 atom stereocenters. The van der Waals surface area contributed by atoms with Crippen molar-refractivity contribution in [2.75, 3.05) is 6.61 Å². The number of aliphatic hydroxyl groups is 1. The number of H-pyrrole nitrogens is 2. The molecule has 2 aromatic heterocycles. The van der Waals surface area contributed by atoms with Gasteiger partial charge in [0.05, 0.1) is 19.3 Å². The maximum Gasteiger partial charge on any atom is 0.326 e. The molecule has 2 rings (SSSR count). The SMILES string of the molecule is NC(=O)CCC(NC(=O)C(Cc1cnc[nH]1)NC(=O)C(N)CO)C(=O)NC(Cc1cnc[nH]1)C(=O)O. The highest BCUT2D eigenvalue weighted by Gasteiger charge is 2.31. The summed E-state index contributed by atoms with van der Waals surface area (Å²) >= 11 is 0. The number of aliphatic hydroxyl groups excluding tert-OH is 1. The first kappa shape index (κ1) is 27.9. The third kappa shape index (κ3) is 8.80. The van der Waals surface area contributed by atoms with E-state index in [2.05, 4.69) is 35.9 Å². The Hall–Kier alpha value is -4.31. The second-order valence-electron chi connectivity index (χ2n) is 7.88. The van der Waals surface area contributed by atoms with Crippen molar-refractivity contribution in [1.29, 1.82) is 0 Å². The highest BCUT2D eigenvalue weighted by molar-refractivity contribution is 5.94. The first-order chi connectivity index (χ1) is 17.1. The van der Waals surface area contributed by atoms with E-state index < -0.39 is 60.4 Å². The predicted molar refractivity (Wildman–Crippen MR) is 122 cm³/mol. The highest BCUT2D eigenvalue weighted by atomic mass is 16.4. The minimum absolute atomic E-state index is 0.0720. The number of primary amides is 1. The summed E-state index contributed by atoms with van der Waals surface area (Å²) in [5, 5.41) is 25.8. The van der Waals surface area contributed by atoms with Gasteiger partial charge in [0.25, 0.3) is 0 Å². The van der Waals surface area contributed by atoms with E-state index in [0.717, 1.165) is 0 Å². The average molecular weight is 508 g/mol. The Morgan fingerprint density at radius 2 is 1.36 bits per heavy atom. The van der Waals surface area contributed by atoms with E-state index in [-0.39, 0.29) is 25.7 Å². The molecule has 11 N–H and O–H groups in total. The van der Waals surface area contributed by atoms with Gasteiger partial charge < -0.3 is 47.6 Å². The Bertz CT molecular complexity index is 1030. The van der Waals surface area contributed by atoms with Crippen molar-refractivity contribution in [3.8, 4) is 0 Å². The summed E-state index contributed by atoms with van der Waals surface area (Å²) in [6, 6.07) is -5.27. The van der Waals surface area contributed by atoms with E-state index in [4.69, 9.17) is 16.6 Å². The van der Waals surface area contributed by atoms with Crippen LogP contribution in [0.4, 0.5) is 0 Å². The predicted octanol–water partition coefficient (Wildman–Crippen LogP) is -3.96. The summed E-state index contributed by atoms with van der Waals surface area (Å²) in [5.41, 5.74) is 11.6. The van der Waals surface area contributed by atoms with Gasteiger partial charge in [-0.25, -0.2) is 14.8 Å². The van der Waals surface area contributed by atoms with Crippen LogP contribution >= 0.6 is 0 Å². The fourth-order valence-electron chi connectivity index (χ4n) is 3.10. The van der Waals surface area contributed by atoms with E-state index in [9.17, 15) is 29.1 Å². The lowest BCUT2D eigenvalue weighted by atomic mass is 10.1. The van der Waals surface area contributed by atoms with E-state index in [1.807, 2.05) is 0 Å². The fourth-order valence-corrected chi connectivity index (χ4v) is 3.10. The lowest BCUT2D eigenvalue weighted by molar-refractivity contribution is -0.142. The lowest BCUT2D eigenvalue weighted by Gasteiger charge is -2.24. The molecule has 0 aliphatic heterocycles. The number of aromatic nitrogens is 4. The Labute approximate surface area is 204 Å². The molecule has 4 amide bonds. The number of rotatable bonds is 15. The van der Waals surface area contributed by atoms with Gasteiger partial charge in [-0.1, -0.05) is 0 Å². The summed E-state index contributed by atoms with van der Waals surface area (Å²) in [5.74, 6) is -4.60. The Kier molecular flexibility index (Phi) is 10.5. The molecule has 0 saturated heterocycles. The Morgan fingerprint density at radius 1 is 0.861 bits per heavy atom. The van der Waals surface area contributed by atoms with Crippen molar-refractivity contribution in [2.45, 2.75) is 49.9 Å². The lowest BCUT2D eigenvalue weighted by Crippen LogP contribution is -2.58. The topological polar surface area (TPSA) is 271 Å². The number of carboxylic acid groups (broad SMARTS) is 1. The van der Waals surface area contributed by atoms with Gasteiger partial charge in [0, 0.05) is 43.0 Å². The Morgan fingerprint density at radius 3 is 1.83 bits per heavy atom. The van der Waals surface area contributed by atoms with Crippen molar-refractivity contribution >= 4 is 29.6 Å². The van der Waals surface area contributed by atoms with Crippen LogP contribution in [0.5, 0.6) is 0 Å². The molecule has 2 heterocycles. The number of nitrogens with two attached hydrogens (primary N) is 2. The molecule has 0 aromatic carbocycles. The van der Waals surface area contributed by atoms with Crippen LogP contribution in [-0.2, 0) is 36.8 Å². The molecule has 36 heavy (non-hydrogen) atoms. The number of carbonyl (C=O) groups excluding carboxylic acids is 4. The molecule has 0 bridgehead atoms. The van der Waals surface area contributed by atoms with Crippen LogP contribution in [0.2, 0.25) is 0 Å². The van der Waals surface area contributed by atoms with E-state index in [0.29, 0.717) is 11.4 Å². The van der Waals surface area contributed by atoms with Gasteiger partial charge in [-0.15, -0.1) is 0 Å². The summed E-state index contributed by atoms with van der Waals surface area (Å²) < 4.78 is 0. The second kappa shape index (κ2) is 13.5. The minimum atomic E-state index is -1.37. The molecule has 16 nitrogen and oxygen atoms in total. The summed E-state index contributed by atoms with van der Waals surface area (Å²) in [7, 11) is 0. The number of nitrogens with one attached hydrogen (secondary N) is 5. The largest absolute Gasteiger partial charge is 0.480 e. The summed E-state index contributed by atoms with van der Waals surface area (Å²) in [6.45, 7) is -0.666. The molecular formula is C20H29N9O7. The van der Waals surface area contributed by atoms with Crippen molar-refractivity contribution in [1.82, 2.24) is 35.9 Å². The van der Waals surface area contributed by atoms with Crippen LogP contribution in [0.3, 0.4) is 0 Å². The number of aliphatic carboxylic acids is 1. The smallest absolute Gasteiger partial charge is 0.326 e. The zero-order valence-electron chi connectivity index (χ0n) is 19.1. The van der Waals surface area contributed by atoms with E-state index in [1.165, 1.54) is 25.0 Å². The normalized spacial score (nSPS) is 14.2. The van der Waals surface area contributed by atoms with Crippen LogP contribution in [0, 0.1) is 0 Å². The van der Waals surface area contributed by atoms with Crippen molar-refractivity contribution in [2.24, 2.45) is 11.5 Å². The number of hydrogen-bond donors (Lipinski definition) is 9. The van der Waals surface area contributed by atoms with Gasteiger partial charge >= 0.3 is 5.97 Å². The minimum Gasteiger partial charge on any atom is -0.480 e. The molecule has 4 unspecified atom stereocenters.